The Bertz CT molecular complexity index is 717. The predicted molar refractivity (Wildman–Crippen MR) is 85.4 cm³/mol. The second kappa shape index (κ2) is 5.71. The summed E-state index contributed by atoms with van der Waals surface area (Å²) < 4.78 is 2.07. The normalized spacial score (nSPS) is 20.9. The van der Waals surface area contributed by atoms with Gasteiger partial charge in [-0.15, -0.1) is 0 Å². The predicted octanol–water partition coefficient (Wildman–Crippen LogP) is 4.18. The molecule has 0 aliphatic heterocycles. The number of carboxylic acids is 1. The van der Waals surface area contributed by atoms with E-state index in [1.807, 2.05) is 6.07 Å². The van der Waals surface area contributed by atoms with E-state index < -0.39 is 5.97 Å². The molecule has 1 N–H and O–H groups in total. The van der Waals surface area contributed by atoms with Gasteiger partial charge in [0, 0.05) is 6.54 Å². The van der Waals surface area contributed by atoms with Crippen molar-refractivity contribution >= 4 is 52.0 Å². The Balaban J connectivity index is 2.01. The number of nitrogens with zero attached hydrogens (tertiary/aromatic N) is 2. The Kier molecular flexibility index (Phi) is 4.08. The monoisotopic (exact) mass is 344 g/mol. The number of hydrogen-bond donors (Lipinski definition) is 1. The maximum absolute atomic E-state index is 10.8. The molecule has 3 rings (SSSR count). The molecule has 2 atom stereocenters. The van der Waals surface area contributed by atoms with Crippen molar-refractivity contribution in [3.63, 3.8) is 0 Å². The fourth-order valence-electron chi connectivity index (χ4n) is 2.40. The third-order valence-corrected chi connectivity index (χ3v) is 5.46. The summed E-state index contributed by atoms with van der Waals surface area (Å²) in [5.41, 5.74) is 1.67. The minimum atomic E-state index is -0.852. The minimum absolute atomic E-state index is 0.00892. The fraction of sp³-hybridized carbons (Fsp3) is 0.429. The molecule has 0 radical (unpaired) electrons. The molecule has 0 bridgehead atoms. The number of hydrogen-bond acceptors (Lipinski definition) is 3. The molecule has 21 heavy (non-hydrogen) atoms. The van der Waals surface area contributed by atoms with E-state index in [-0.39, 0.29) is 5.75 Å². The van der Waals surface area contributed by atoms with Crippen molar-refractivity contribution in [2.45, 2.75) is 25.0 Å². The molecule has 1 aliphatic carbocycles. The van der Waals surface area contributed by atoms with Crippen LogP contribution >= 0.6 is 35.0 Å². The standard InChI is InChI=1S/C14H14Cl2N2O2S/c1-7-2-8(7)5-18-12-4-10(16)9(15)3-11(12)17-14(18)21-6-13(19)20/h3-4,7-8H,2,5-6H2,1H3,(H,19,20). The molecular formula is C14H14Cl2N2O2S. The van der Waals surface area contributed by atoms with Crippen LogP contribution in [-0.4, -0.2) is 26.4 Å². The van der Waals surface area contributed by atoms with Gasteiger partial charge < -0.3 is 9.67 Å². The Morgan fingerprint density at radius 1 is 1.48 bits per heavy atom. The summed E-state index contributed by atoms with van der Waals surface area (Å²) in [5, 5.41) is 10.5. The highest BCUT2D eigenvalue weighted by Crippen LogP contribution is 2.41. The van der Waals surface area contributed by atoms with Crippen LogP contribution in [0.15, 0.2) is 17.3 Å². The quantitative estimate of drug-likeness (QED) is 0.826. The number of imidazole rings is 1. The van der Waals surface area contributed by atoms with Crippen LogP contribution in [0.2, 0.25) is 10.0 Å². The molecule has 1 aliphatic rings. The number of aromatic nitrogens is 2. The van der Waals surface area contributed by atoms with Crippen LogP contribution in [0.25, 0.3) is 11.0 Å². The van der Waals surface area contributed by atoms with Crippen LogP contribution < -0.4 is 0 Å². The van der Waals surface area contributed by atoms with Crippen LogP contribution in [-0.2, 0) is 11.3 Å². The number of carboxylic acid groups (broad SMARTS) is 1. The lowest BCUT2D eigenvalue weighted by Crippen LogP contribution is -2.05. The van der Waals surface area contributed by atoms with Crippen molar-refractivity contribution < 1.29 is 9.90 Å². The minimum Gasteiger partial charge on any atom is -0.481 e. The van der Waals surface area contributed by atoms with Gasteiger partial charge in [0.05, 0.1) is 26.8 Å². The first-order valence-corrected chi connectivity index (χ1v) is 8.39. The van der Waals surface area contributed by atoms with Crippen molar-refractivity contribution in [1.82, 2.24) is 9.55 Å². The van der Waals surface area contributed by atoms with Gasteiger partial charge >= 0.3 is 5.97 Å². The lowest BCUT2D eigenvalue weighted by Gasteiger charge is -2.08. The van der Waals surface area contributed by atoms with E-state index in [0.29, 0.717) is 27.0 Å². The highest BCUT2D eigenvalue weighted by molar-refractivity contribution is 7.99. The SMILES string of the molecule is CC1CC1Cn1c(SCC(=O)O)nc2cc(Cl)c(Cl)cc21. The fourth-order valence-corrected chi connectivity index (χ4v) is 3.46. The molecule has 0 amide bonds. The molecule has 0 saturated heterocycles. The van der Waals surface area contributed by atoms with Gasteiger partial charge in [0.15, 0.2) is 5.16 Å². The van der Waals surface area contributed by atoms with Gasteiger partial charge in [-0.25, -0.2) is 4.98 Å². The third-order valence-electron chi connectivity index (χ3n) is 3.77. The average molecular weight is 345 g/mol. The zero-order chi connectivity index (χ0) is 15.1. The molecule has 2 unspecified atom stereocenters. The highest BCUT2D eigenvalue weighted by atomic mass is 35.5. The van der Waals surface area contributed by atoms with E-state index in [1.165, 1.54) is 18.2 Å². The highest BCUT2D eigenvalue weighted by Gasteiger charge is 2.33. The number of halogens is 2. The van der Waals surface area contributed by atoms with Gasteiger partial charge in [-0.1, -0.05) is 41.9 Å². The van der Waals surface area contributed by atoms with E-state index in [9.17, 15) is 4.79 Å². The summed E-state index contributed by atoms with van der Waals surface area (Å²) in [5.74, 6) is 0.475. The van der Waals surface area contributed by atoms with Gasteiger partial charge in [0.1, 0.15) is 0 Å². The van der Waals surface area contributed by atoms with Crippen LogP contribution in [0.3, 0.4) is 0 Å². The van der Waals surface area contributed by atoms with Crippen LogP contribution in [0, 0.1) is 11.8 Å². The molecule has 0 spiro atoms. The zero-order valence-electron chi connectivity index (χ0n) is 11.3. The van der Waals surface area contributed by atoms with E-state index in [2.05, 4.69) is 16.5 Å². The molecule has 1 saturated carbocycles. The van der Waals surface area contributed by atoms with E-state index in [1.54, 1.807) is 6.07 Å². The van der Waals surface area contributed by atoms with Crippen LogP contribution in [0.4, 0.5) is 0 Å². The van der Waals surface area contributed by atoms with Gasteiger partial charge in [-0.2, -0.15) is 0 Å². The second-order valence-corrected chi connectivity index (χ2v) is 7.17. The first-order valence-electron chi connectivity index (χ1n) is 6.65. The number of fused-ring (bicyclic) bond motifs is 1. The van der Waals surface area contributed by atoms with Crippen molar-refractivity contribution in [3.05, 3.63) is 22.2 Å². The Hall–Kier alpha value is -0.910. The number of aliphatic carboxylic acids is 1. The van der Waals surface area contributed by atoms with E-state index in [4.69, 9.17) is 28.3 Å². The van der Waals surface area contributed by atoms with E-state index >= 15 is 0 Å². The van der Waals surface area contributed by atoms with Crippen molar-refractivity contribution in [2.24, 2.45) is 11.8 Å². The molecule has 1 fully saturated rings. The van der Waals surface area contributed by atoms with Crippen LogP contribution in [0.1, 0.15) is 13.3 Å². The number of thioether (sulfide) groups is 1. The maximum atomic E-state index is 10.8. The first-order chi connectivity index (χ1) is 9.95. The van der Waals surface area contributed by atoms with Gasteiger partial charge in [-0.3, -0.25) is 4.79 Å². The second-order valence-electron chi connectivity index (χ2n) is 5.42. The summed E-state index contributed by atoms with van der Waals surface area (Å²) in [7, 11) is 0. The third kappa shape index (κ3) is 3.15. The maximum Gasteiger partial charge on any atom is 0.313 e. The zero-order valence-corrected chi connectivity index (χ0v) is 13.7. The summed E-state index contributed by atoms with van der Waals surface area (Å²) in [6, 6.07) is 3.54. The van der Waals surface area contributed by atoms with Crippen molar-refractivity contribution in [1.29, 1.82) is 0 Å². The lowest BCUT2D eigenvalue weighted by atomic mass is 10.3. The van der Waals surface area contributed by atoms with Crippen molar-refractivity contribution in [3.8, 4) is 0 Å². The van der Waals surface area contributed by atoms with Crippen molar-refractivity contribution in [2.75, 3.05) is 5.75 Å². The smallest absolute Gasteiger partial charge is 0.313 e. The Morgan fingerprint density at radius 2 is 2.14 bits per heavy atom. The summed E-state index contributed by atoms with van der Waals surface area (Å²) in [6.07, 6.45) is 1.20. The Labute approximate surface area is 136 Å². The topological polar surface area (TPSA) is 55.1 Å². The molecule has 7 heteroatoms. The molecule has 2 aromatic rings. The molecule has 1 aromatic heterocycles. The molecule has 1 heterocycles. The Morgan fingerprint density at radius 3 is 2.76 bits per heavy atom. The lowest BCUT2D eigenvalue weighted by molar-refractivity contribution is -0.133. The van der Waals surface area contributed by atoms with Gasteiger partial charge in [-0.05, 0) is 30.4 Å². The number of rotatable bonds is 5. The number of benzene rings is 1. The first kappa shape index (κ1) is 15.0. The molecule has 112 valence electrons. The molecule has 4 nitrogen and oxygen atoms in total. The van der Waals surface area contributed by atoms with Gasteiger partial charge in [0.25, 0.3) is 0 Å². The summed E-state index contributed by atoms with van der Waals surface area (Å²) in [4.78, 5) is 15.3. The summed E-state index contributed by atoms with van der Waals surface area (Å²) >= 11 is 13.4. The van der Waals surface area contributed by atoms with Gasteiger partial charge in [0.2, 0.25) is 0 Å². The molecular weight excluding hydrogens is 331 g/mol. The van der Waals surface area contributed by atoms with Crippen LogP contribution in [0.5, 0.6) is 0 Å². The molecule has 1 aromatic carbocycles. The van der Waals surface area contributed by atoms with E-state index in [0.717, 1.165) is 17.6 Å². The largest absolute Gasteiger partial charge is 0.481 e. The summed E-state index contributed by atoms with van der Waals surface area (Å²) in [6.45, 7) is 3.06. The number of carbonyl (C=O) groups is 1. The average Bonchev–Trinajstić information content (AvgIpc) is 3.01.